The zero-order valence-corrected chi connectivity index (χ0v) is 8.71. The molecule has 14 heavy (non-hydrogen) atoms. The zero-order chi connectivity index (χ0) is 10.4. The highest BCUT2D eigenvalue weighted by Gasteiger charge is 2.09. The summed E-state index contributed by atoms with van der Waals surface area (Å²) >= 11 is 1.51. The predicted octanol–water partition coefficient (Wildman–Crippen LogP) is 1.53. The Morgan fingerprint density at radius 1 is 1.79 bits per heavy atom. The molecule has 0 aliphatic heterocycles. The van der Waals surface area contributed by atoms with Crippen molar-refractivity contribution < 1.29 is 14.6 Å². The molecule has 0 saturated heterocycles. The van der Waals surface area contributed by atoms with E-state index in [0.29, 0.717) is 6.61 Å². The van der Waals surface area contributed by atoms with Crippen LogP contribution in [0.1, 0.15) is 18.6 Å². The highest BCUT2D eigenvalue weighted by Crippen LogP contribution is 2.14. The topological polar surface area (TPSA) is 58.6 Å². The molecule has 1 atom stereocenters. The van der Waals surface area contributed by atoms with E-state index < -0.39 is 12.2 Å². The molecule has 1 amide bonds. The molecule has 0 aromatic carbocycles. The molecule has 0 radical (unpaired) electrons. The van der Waals surface area contributed by atoms with Crippen LogP contribution >= 0.6 is 11.3 Å². The molecule has 5 heteroatoms. The molecular formula is C9H13NO3S. The first-order valence-corrected chi connectivity index (χ1v) is 5.29. The van der Waals surface area contributed by atoms with E-state index in [1.807, 2.05) is 16.8 Å². The maximum Gasteiger partial charge on any atom is 0.407 e. The van der Waals surface area contributed by atoms with E-state index in [4.69, 9.17) is 0 Å². The minimum Gasteiger partial charge on any atom is -0.450 e. The molecule has 0 saturated carbocycles. The standard InChI is InChI=1S/C9H13NO3S/c1-2-13-9(12)10-5-8(11)7-3-4-14-6-7/h3-4,6,8,11H,2,5H2,1H3,(H,10,12). The van der Waals surface area contributed by atoms with Crippen LogP contribution in [-0.2, 0) is 4.74 Å². The molecule has 0 aliphatic rings. The van der Waals surface area contributed by atoms with E-state index in [-0.39, 0.29) is 6.54 Å². The lowest BCUT2D eigenvalue weighted by molar-refractivity contribution is 0.135. The summed E-state index contributed by atoms with van der Waals surface area (Å²) < 4.78 is 4.65. The lowest BCUT2D eigenvalue weighted by Crippen LogP contribution is -2.28. The van der Waals surface area contributed by atoms with Gasteiger partial charge in [0.05, 0.1) is 19.3 Å². The molecular weight excluding hydrogens is 202 g/mol. The summed E-state index contributed by atoms with van der Waals surface area (Å²) in [7, 11) is 0. The van der Waals surface area contributed by atoms with Crippen molar-refractivity contribution in [3.8, 4) is 0 Å². The van der Waals surface area contributed by atoms with Gasteiger partial charge in [0.25, 0.3) is 0 Å². The SMILES string of the molecule is CCOC(=O)NCC(O)c1ccsc1. The summed E-state index contributed by atoms with van der Waals surface area (Å²) in [6, 6.07) is 1.82. The Morgan fingerprint density at radius 3 is 3.14 bits per heavy atom. The lowest BCUT2D eigenvalue weighted by Gasteiger charge is -2.09. The quantitative estimate of drug-likeness (QED) is 0.800. The van der Waals surface area contributed by atoms with Crippen LogP contribution in [0, 0.1) is 0 Å². The van der Waals surface area contributed by atoms with Crippen molar-refractivity contribution in [2.24, 2.45) is 0 Å². The Bertz CT molecular complexity index is 274. The summed E-state index contributed by atoms with van der Waals surface area (Å²) in [5.41, 5.74) is 0.812. The second kappa shape index (κ2) is 5.62. The van der Waals surface area contributed by atoms with Crippen LogP contribution in [0.2, 0.25) is 0 Å². The number of nitrogens with one attached hydrogen (secondary N) is 1. The summed E-state index contributed by atoms with van der Waals surface area (Å²) in [6.07, 6.45) is -1.16. The first kappa shape index (κ1) is 11.0. The highest BCUT2D eigenvalue weighted by atomic mass is 32.1. The number of carbonyl (C=O) groups is 1. The van der Waals surface area contributed by atoms with Crippen molar-refractivity contribution in [1.82, 2.24) is 5.32 Å². The highest BCUT2D eigenvalue weighted by molar-refractivity contribution is 7.07. The molecule has 0 spiro atoms. The Hall–Kier alpha value is -1.07. The van der Waals surface area contributed by atoms with E-state index in [9.17, 15) is 9.90 Å². The number of hydrogen-bond donors (Lipinski definition) is 2. The summed E-state index contributed by atoms with van der Waals surface area (Å²) in [5, 5.41) is 15.8. The van der Waals surface area contributed by atoms with Crippen LogP contribution in [0.5, 0.6) is 0 Å². The van der Waals surface area contributed by atoms with Gasteiger partial charge in [-0.15, -0.1) is 0 Å². The largest absolute Gasteiger partial charge is 0.450 e. The van der Waals surface area contributed by atoms with Crippen molar-refractivity contribution in [2.45, 2.75) is 13.0 Å². The second-order valence-corrected chi connectivity index (χ2v) is 3.45. The van der Waals surface area contributed by atoms with Crippen LogP contribution in [0.25, 0.3) is 0 Å². The minimum absolute atomic E-state index is 0.176. The Balaban J connectivity index is 2.28. The van der Waals surface area contributed by atoms with Gasteiger partial charge in [0.2, 0.25) is 0 Å². The number of alkyl carbamates (subject to hydrolysis) is 1. The Morgan fingerprint density at radius 2 is 2.57 bits per heavy atom. The summed E-state index contributed by atoms with van der Waals surface area (Å²) in [5.74, 6) is 0. The number of thiophene rings is 1. The summed E-state index contributed by atoms with van der Waals surface area (Å²) in [6.45, 7) is 2.24. The third kappa shape index (κ3) is 3.35. The van der Waals surface area contributed by atoms with Gasteiger partial charge in [-0.3, -0.25) is 0 Å². The molecule has 1 unspecified atom stereocenters. The average molecular weight is 215 g/mol. The van der Waals surface area contributed by atoms with E-state index in [2.05, 4.69) is 10.1 Å². The van der Waals surface area contributed by atoms with E-state index in [0.717, 1.165) is 5.56 Å². The molecule has 78 valence electrons. The van der Waals surface area contributed by atoms with Crippen LogP contribution in [0.3, 0.4) is 0 Å². The van der Waals surface area contributed by atoms with Crippen molar-refractivity contribution >= 4 is 17.4 Å². The Labute approximate surface area is 86.5 Å². The van der Waals surface area contributed by atoms with Crippen LogP contribution in [-0.4, -0.2) is 24.4 Å². The Kier molecular flexibility index (Phi) is 4.42. The maximum atomic E-state index is 10.9. The molecule has 0 aliphatic carbocycles. The monoisotopic (exact) mass is 215 g/mol. The number of aliphatic hydroxyl groups is 1. The van der Waals surface area contributed by atoms with Gasteiger partial charge in [-0.2, -0.15) is 11.3 Å². The van der Waals surface area contributed by atoms with Crippen molar-refractivity contribution in [1.29, 1.82) is 0 Å². The number of rotatable bonds is 4. The van der Waals surface area contributed by atoms with Gasteiger partial charge in [0, 0.05) is 0 Å². The predicted molar refractivity (Wildman–Crippen MR) is 54.3 cm³/mol. The number of carbonyl (C=O) groups excluding carboxylic acids is 1. The molecule has 1 rings (SSSR count). The van der Waals surface area contributed by atoms with Crippen LogP contribution in [0.15, 0.2) is 16.8 Å². The number of aliphatic hydroxyl groups excluding tert-OH is 1. The molecule has 1 heterocycles. The van der Waals surface area contributed by atoms with Gasteiger partial charge in [-0.25, -0.2) is 4.79 Å². The number of amides is 1. The van der Waals surface area contributed by atoms with Crippen molar-refractivity contribution in [3.05, 3.63) is 22.4 Å². The van der Waals surface area contributed by atoms with Crippen LogP contribution < -0.4 is 5.32 Å². The second-order valence-electron chi connectivity index (χ2n) is 2.67. The average Bonchev–Trinajstić information content (AvgIpc) is 2.67. The van der Waals surface area contributed by atoms with Crippen molar-refractivity contribution in [3.63, 3.8) is 0 Å². The van der Waals surface area contributed by atoms with Gasteiger partial charge in [-0.1, -0.05) is 0 Å². The molecule has 1 aromatic heterocycles. The van der Waals surface area contributed by atoms with Gasteiger partial charge in [0.15, 0.2) is 0 Å². The zero-order valence-electron chi connectivity index (χ0n) is 7.90. The molecule has 1 aromatic rings. The number of ether oxygens (including phenoxy) is 1. The normalized spacial score (nSPS) is 12.1. The molecule has 0 fully saturated rings. The van der Waals surface area contributed by atoms with E-state index in [1.54, 1.807) is 6.92 Å². The minimum atomic E-state index is -0.661. The van der Waals surface area contributed by atoms with Gasteiger partial charge in [0.1, 0.15) is 0 Å². The van der Waals surface area contributed by atoms with E-state index >= 15 is 0 Å². The first-order chi connectivity index (χ1) is 6.74. The third-order valence-electron chi connectivity index (χ3n) is 1.64. The van der Waals surface area contributed by atoms with Gasteiger partial charge < -0.3 is 15.2 Å². The smallest absolute Gasteiger partial charge is 0.407 e. The van der Waals surface area contributed by atoms with Gasteiger partial charge in [-0.05, 0) is 29.3 Å². The maximum absolute atomic E-state index is 10.9. The fourth-order valence-corrected chi connectivity index (χ4v) is 1.65. The molecule has 2 N–H and O–H groups in total. The lowest BCUT2D eigenvalue weighted by atomic mass is 10.2. The van der Waals surface area contributed by atoms with E-state index in [1.165, 1.54) is 11.3 Å². The first-order valence-electron chi connectivity index (χ1n) is 4.34. The molecule has 0 bridgehead atoms. The number of hydrogen-bond acceptors (Lipinski definition) is 4. The molecule has 4 nitrogen and oxygen atoms in total. The van der Waals surface area contributed by atoms with Gasteiger partial charge >= 0.3 is 6.09 Å². The fourth-order valence-electron chi connectivity index (χ4n) is 0.945. The summed E-state index contributed by atoms with van der Waals surface area (Å²) in [4.78, 5) is 10.9. The third-order valence-corrected chi connectivity index (χ3v) is 2.34. The fraction of sp³-hybridized carbons (Fsp3) is 0.444. The van der Waals surface area contributed by atoms with Crippen molar-refractivity contribution in [2.75, 3.05) is 13.2 Å². The van der Waals surface area contributed by atoms with Crippen LogP contribution in [0.4, 0.5) is 4.79 Å².